The number of hydrogen-bond acceptors (Lipinski definition) is 6. The normalized spacial score (nSPS) is 19.0. The van der Waals surface area contributed by atoms with Crippen LogP contribution in [0.3, 0.4) is 0 Å². The van der Waals surface area contributed by atoms with Gasteiger partial charge in [-0.2, -0.15) is 0 Å². The Balaban J connectivity index is 1.49. The van der Waals surface area contributed by atoms with Gasteiger partial charge in [-0.25, -0.2) is 9.97 Å². The molecule has 1 aromatic carbocycles. The Morgan fingerprint density at radius 1 is 1.09 bits per heavy atom. The summed E-state index contributed by atoms with van der Waals surface area (Å²) < 4.78 is 11.5. The maximum atomic E-state index is 12.3. The number of benzene rings is 1. The van der Waals surface area contributed by atoms with Crippen LogP contribution in [0, 0.1) is 0 Å². The van der Waals surface area contributed by atoms with Gasteiger partial charge in [-0.15, -0.1) is 0 Å². The molecule has 0 aliphatic carbocycles. The smallest absolute Gasteiger partial charge is 0.265 e. The van der Waals surface area contributed by atoms with E-state index in [9.17, 15) is 4.79 Å². The van der Waals surface area contributed by atoms with Crippen molar-refractivity contribution >= 4 is 11.9 Å². The highest BCUT2D eigenvalue weighted by Gasteiger charge is 2.33. The predicted octanol–water partition coefficient (Wildman–Crippen LogP) is 1.23. The third kappa shape index (κ3) is 3.68. The summed E-state index contributed by atoms with van der Waals surface area (Å²) in [7, 11) is 0. The number of nitrogens with one attached hydrogen (secondary N) is 2. The molecule has 1 amide bonds. The highest BCUT2D eigenvalue weighted by molar-refractivity contribution is 5.82. The Morgan fingerprint density at radius 3 is 2.52 bits per heavy atom. The lowest BCUT2D eigenvalue weighted by Crippen LogP contribution is -2.49. The van der Waals surface area contributed by atoms with Crippen LogP contribution in [0.4, 0.5) is 5.95 Å². The Kier molecular flexibility index (Phi) is 4.56. The number of aromatic nitrogens is 2. The molecule has 0 saturated heterocycles. The highest BCUT2D eigenvalue weighted by atomic mass is 16.6. The summed E-state index contributed by atoms with van der Waals surface area (Å²) in [5.41, 5.74) is 0. The van der Waals surface area contributed by atoms with Gasteiger partial charge in [-0.05, 0) is 25.1 Å². The van der Waals surface area contributed by atoms with Gasteiger partial charge in [0.15, 0.2) is 11.5 Å². The van der Waals surface area contributed by atoms with Gasteiger partial charge < -0.3 is 20.1 Å². The lowest BCUT2D eigenvalue weighted by atomic mass is 10.1. The van der Waals surface area contributed by atoms with E-state index >= 15 is 0 Å². The lowest BCUT2D eigenvalue weighted by Gasteiger charge is -2.31. The van der Waals surface area contributed by atoms with Gasteiger partial charge in [0.05, 0.1) is 0 Å². The van der Waals surface area contributed by atoms with Gasteiger partial charge in [-0.1, -0.05) is 12.1 Å². The van der Waals surface area contributed by atoms with Crippen LogP contribution >= 0.6 is 0 Å². The zero-order valence-electron chi connectivity index (χ0n) is 12.7. The molecular formula is C16H18N4O3. The molecule has 2 N–H and O–H groups in total. The van der Waals surface area contributed by atoms with Crippen LogP contribution in [-0.4, -0.2) is 41.2 Å². The molecule has 0 saturated carbocycles. The molecule has 2 heterocycles. The first-order chi connectivity index (χ1) is 11.2. The molecule has 7 nitrogen and oxygen atoms in total. The minimum atomic E-state index is -0.669. The van der Waals surface area contributed by atoms with E-state index in [0.29, 0.717) is 30.5 Å². The second-order valence-corrected chi connectivity index (χ2v) is 5.10. The largest absolute Gasteiger partial charge is 0.482 e. The number of rotatable bonds is 5. The number of nitrogens with zero attached hydrogens (tertiary/aromatic N) is 2. The van der Waals surface area contributed by atoms with Crippen molar-refractivity contribution in [3.63, 3.8) is 0 Å². The second-order valence-electron chi connectivity index (χ2n) is 5.10. The fourth-order valence-corrected chi connectivity index (χ4v) is 2.26. The summed E-state index contributed by atoms with van der Waals surface area (Å²) in [6.45, 7) is 2.77. The average Bonchev–Trinajstić information content (AvgIpc) is 2.59. The molecule has 2 aromatic rings. The summed E-state index contributed by atoms with van der Waals surface area (Å²) in [4.78, 5) is 20.3. The summed E-state index contributed by atoms with van der Waals surface area (Å²) in [5, 5.41) is 5.84. The summed E-state index contributed by atoms with van der Waals surface area (Å²) in [6.07, 6.45) is 2.29. The number of anilines is 1. The van der Waals surface area contributed by atoms with E-state index in [2.05, 4.69) is 20.6 Å². The molecule has 7 heteroatoms. The molecule has 1 aliphatic rings. The van der Waals surface area contributed by atoms with Gasteiger partial charge in [0.1, 0.15) is 6.10 Å². The number of hydrogen-bond donors (Lipinski definition) is 2. The van der Waals surface area contributed by atoms with Crippen molar-refractivity contribution in [1.82, 2.24) is 15.3 Å². The summed E-state index contributed by atoms with van der Waals surface area (Å²) in [5.74, 6) is 1.57. The molecule has 0 bridgehead atoms. The fraction of sp³-hybridized carbons (Fsp3) is 0.312. The van der Waals surface area contributed by atoms with Crippen LogP contribution in [0.5, 0.6) is 11.5 Å². The van der Waals surface area contributed by atoms with Crippen molar-refractivity contribution in [2.24, 2.45) is 0 Å². The molecule has 3 rings (SSSR count). The zero-order valence-corrected chi connectivity index (χ0v) is 12.7. The Bertz CT molecular complexity index is 665. The lowest BCUT2D eigenvalue weighted by molar-refractivity contribution is -0.133. The minimum Gasteiger partial charge on any atom is -0.482 e. The van der Waals surface area contributed by atoms with Crippen LogP contribution in [0.1, 0.15) is 6.92 Å². The third-order valence-corrected chi connectivity index (χ3v) is 3.37. The van der Waals surface area contributed by atoms with Gasteiger partial charge in [0.2, 0.25) is 12.1 Å². The molecule has 2 atom stereocenters. The van der Waals surface area contributed by atoms with Crippen LogP contribution < -0.4 is 20.1 Å². The standard InChI is InChI=1S/C16H18N4O3/c1-11-14(23-13-6-3-2-5-12(13)22-11)15(21)17-9-10-20-16-18-7-4-8-19-16/h2-8,11,14H,9-10H2,1H3,(H,17,21)(H,18,19,20)/t11-,14+/m0/s1. The average molecular weight is 314 g/mol. The summed E-state index contributed by atoms with van der Waals surface area (Å²) >= 11 is 0. The van der Waals surface area contributed by atoms with Gasteiger partial charge in [-0.3, -0.25) is 4.79 Å². The third-order valence-electron chi connectivity index (χ3n) is 3.37. The van der Waals surface area contributed by atoms with Gasteiger partial charge in [0.25, 0.3) is 5.91 Å². The second kappa shape index (κ2) is 6.95. The van der Waals surface area contributed by atoms with Gasteiger partial charge >= 0.3 is 0 Å². The number of para-hydroxylation sites is 2. The molecule has 0 radical (unpaired) electrons. The van der Waals surface area contributed by atoms with E-state index < -0.39 is 6.10 Å². The Hall–Kier alpha value is -2.83. The Morgan fingerprint density at radius 2 is 1.78 bits per heavy atom. The molecule has 0 fully saturated rings. The number of amides is 1. The maximum Gasteiger partial charge on any atom is 0.265 e. The fourth-order valence-electron chi connectivity index (χ4n) is 2.26. The first-order valence-electron chi connectivity index (χ1n) is 7.45. The van der Waals surface area contributed by atoms with E-state index in [4.69, 9.17) is 9.47 Å². The number of carbonyl (C=O) groups excluding carboxylic acids is 1. The van der Waals surface area contributed by atoms with Crippen molar-refractivity contribution in [2.75, 3.05) is 18.4 Å². The molecule has 120 valence electrons. The molecule has 23 heavy (non-hydrogen) atoms. The van der Waals surface area contributed by atoms with Crippen molar-refractivity contribution < 1.29 is 14.3 Å². The van der Waals surface area contributed by atoms with Crippen LogP contribution in [0.2, 0.25) is 0 Å². The van der Waals surface area contributed by atoms with E-state index in [1.165, 1.54) is 0 Å². The molecular weight excluding hydrogens is 296 g/mol. The van der Waals surface area contributed by atoms with Crippen LogP contribution in [0.15, 0.2) is 42.7 Å². The monoisotopic (exact) mass is 314 g/mol. The van der Waals surface area contributed by atoms with Crippen LogP contribution in [0.25, 0.3) is 0 Å². The van der Waals surface area contributed by atoms with E-state index in [-0.39, 0.29) is 12.0 Å². The topological polar surface area (TPSA) is 85.4 Å². The predicted molar refractivity (Wildman–Crippen MR) is 84.5 cm³/mol. The van der Waals surface area contributed by atoms with Crippen molar-refractivity contribution in [3.05, 3.63) is 42.7 Å². The first kappa shape index (κ1) is 15.1. The number of ether oxygens (including phenoxy) is 2. The van der Waals surface area contributed by atoms with Crippen LogP contribution in [-0.2, 0) is 4.79 Å². The molecule has 1 aromatic heterocycles. The van der Waals surface area contributed by atoms with Crippen molar-refractivity contribution in [3.8, 4) is 11.5 Å². The van der Waals surface area contributed by atoms with E-state index in [1.807, 2.05) is 25.1 Å². The first-order valence-corrected chi connectivity index (χ1v) is 7.45. The van der Waals surface area contributed by atoms with Crippen molar-refractivity contribution in [2.45, 2.75) is 19.1 Å². The summed E-state index contributed by atoms with van der Waals surface area (Å²) in [6, 6.07) is 9.07. The quantitative estimate of drug-likeness (QED) is 0.808. The van der Waals surface area contributed by atoms with E-state index in [1.54, 1.807) is 24.5 Å². The molecule has 1 aliphatic heterocycles. The number of fused-ring (bicyclic) bond motifs is 1. The van der Waals surface area contributed by atoms with E-state index in [0.717, 1.165) is 0 Å². The Labute approximate surface area is 134 Å². The highest BCUT2D eigenvalue weighted by Crippen LogP contribution is 2.33. The molecule has 0 spiro atoms. The van der Waals surface area contributed by atoms with Crippen molar-refractivity contribution in [1.29, 1.82) is 0 Å². The maximum absolute atomic E-state index is 12.3. The minimum absolute atomic E-state index is 0.206. The zero-order chi connectivity index (χ0) is 16.1. The molecule has 0 unspecified atom stereocenters. The van der Waals surface area contributed by atoms with Gasteiger partial charge in [0, 0.05) is 25.5 Å². The SMILES string of the molecule is C[C@@H]1Oc2ccccc2O[C@H]1C(=O)NCCNc1ncccn1. The number of carbonyl (C=O) groups is 1.